The van der Waals surface area contributed by atoms with E-state index in [1.807, 2.05) is 0 Å². The molecule has 0 fully saturated rings. The second kappa shape index (κ2) is 6.12. The summed E-state index contributed by atoms with van der Waals surface area (Å²) >= 11 is 1.37. The third kappa shape index (κ3) is 2.99. The van der Waals surface area contributed by atoms with Crippen LogP contribution in [-0.2, 0) is 12.8 Å². The molecule has 6 heteroatoms. The molecule has 1 aliphatic rings. The lowest BCUT2D eigenvalue weighted by Gasteiger charge is -2.18. The number of hydrogen-bond acceptors (Lipinski definition) is 3. The molecule has 2 amide bonds. The summed E-state index contributed by atoms with van der Waals surface area (Å²) in [6.45, 7) is 2.13. The molecule has 3 N–H and O–H groups in total. The summed E-state index contributed by atoms with van der Waals surface area (Å²) in [7, 11) is 0. The Labute approximate surface area is 137 Å². The van der Waals surface area contributed by atoms with Crippen molar-refractivity contribution in [2.75, 3.05) is 5.32 Å². The van der Waals surface area contributed by atoms with Crippen molar-refractivity contribution >= 4 is 28.2 Å². The van der Waals surface area contributed by atoms with E-state index in [9.17, 15) is 14.0 Å². The summed E-state index contributed by atoms with van der Waals surface area (Å²) in [6.07, 6.45) is 2.70. The predicted octanol–water partition coefficient (Wildman–Crippen LogP) is 3.36. The third-order valence-corrected chi connectivity index (χ3v) is 5.31. The molecule has 2 aromatic rings. The van der Waals surface area contributed by atoms with Crippen molar-refractivity contribution in [3.05, 3.63) is 51.7 Å². The quantitative estimate of drug-likeness (QED) is 0.904. The van der Waals surface area contributed by atoms with Gasteiger partial charge in [-0.05, 0) is 42.9 Å². The zero-order chi connectivity index (χ0) is 16.6. The fourth-order valence-corrected chi connectivity index (χ4v) is 4.17. The predicted molar refractivity (Wildman–Crippen MR) is 88.4 cm³/mol. The van der Waals surface area contributed by atoms with Crippen LogP contribution in [0, 0.1) is 11.7 Å². The fourth-order valence-electron chi connectivity index (χ4n) is 2.92. The Hall–Kier alpha value is -2.21. The Bertz CT molecular complexity index is 785. The lowest BCUT2D eigenvalue weighted by Crippen LogP contribution is -2.20. The van der Waals surface area contributed by atoms with Gasteiger partial charge in [0.15, 0.2) is 0 Å². The van der Waals surface area contributed by atoms with Crippen LogP contribution in [0.3, 0.4) is 0 Å². The number of amides is 2. The van der Waals surface area contributed by atoms with Crippen LogP contribution in [0.4, 0.5) is 9.39 Å². The Balaban J connectivity index is 1.96. The van der Waals surface area contributed by atoms with Gasteiger partial charge in [-0.25, -0.2) is 4.39 Å². The van der Waals surface area contributed by atoms with E-state index in [2.05, 4.69) is 12.2 Å². The Morgan fingerprint density at radius 3 is 2.78 bits per heavy atom. The first kappa shape index (κ1) is 15.7. The zero-order valence-corrected chi connectivity index (χ0v) is 13.5. The van der Waals surface area contributed by atoms with Crippen molar-refractivity contribution in [2.24, 2.45) is 11.7 Å². The standard InChI is InChI=1S/C17H17FN2O2S/c1-9-6-7-13-11(8-9)14(15(19)21)17(23-13)20-16(22)10-4-2-3-5-12(10)18/h2-5,9H,6-8H2,1H3,(H2,19,21)(H,20,22). The first-order valence-corrected chi connectivity index (χ1v) is 8.29. The Morgan fingerprint density at radius 2 is 2.09 bits per heavy atom. The number of fused-ring (bicyclic) bond motifs is 1. The van der Waals surface area contributed by atoms with Crippen LogP contribution < -0.4 is 11.1 Å². The molecule has 3 rings (SSSR count). The number of hydrogen-bond donors (Lipinski definition) is 2. The number of nitrogens with one attached hydrogen (secondary N) is 1. The number of aryl methyl sites for hydroxylation is 1. The summed E-state index contributed by atoms with van der Waals surface area (Å²) in [5.41, 5.74) is 6.77. The van der Waals surface area contributed by atoms with Gasteiger partial charge in [-0.1, -0.05) is 19.1 Å². The highest BCUT2D eigenvalue weighted by Crippen LogP contribution is 2.39. The van der Waals surface area contributed by atoms with Gasteiger partial charge in [-0.15, -0.1) is 11.3 Å². The highest BCUT2D eigenvalue weighted by molar-refractivity contribution is 7.17. The van der Waals surface area contributed by atoms with Gasteiger partial charge in [-0.2, -0.15) is 0 Å². The van der Waals surface area contributed by atoms with Gasteiger partial charge in [0, 0.05) is 4.88 Å². The minimum absolute atomic E-state index is 0.0531. The molecule has 23 heavy (non-hydrogen) atoms. The molecule has 120 valence electrons. The molecule has 1 aliphatic carbocycles. The average molecular weight is 332 g/mol. The lowest BCUT2D eigenvalue weighted by molar-refractivity contribution is 0.1000. The van der Waals surface area contributed by atoms with Crippen LogP contribution in [0.5, 0.6) is 0 Å². The molecule has 0 bridgehead atoms. The smallest absolute Gasteiger partial charge is 0.259 e. The van der Waals surface area contributed by atoms with Crippen LogP contribution >= 0.6 is 11.3 Å². The Morgan fingerprint density at radius 1 is 1.35 bits per heavy atom. The SMILES string of the molecule is CC1CCc2sc(NC(=O)c3ccccc3F)c(C(N)=O)c2C1. The minimum Gasteiger partial charge on any atom is -0.365 e. The summed E-state index contributed by atoms with van der Waals surface area (Å²) in [5, 5.41) is 3.08. The zero-order valence-electron chi connectivity index (χ0n) is 12.7. The van der Waals surface area contributed by atoms with Crippen LogP contribution in [-0.4, -0.2) is 11.8 Å². The first-order valence-electron chi connectivity index (χ1n) is 7.47. The van der Waals surface area contributed by atoms with Gasteiger partial charge in [0.25, 0.3) is 11.8 Å². The van der Waals surface area contributed by atoms with E-state index in [1.165, 1.54) is 29.5 Å². The molecule has 0 radical (unpaired) electrons. The lowest BCUT2D eigenvalue weighted by atomic mass is 9.87. The molecule has 1 heterocycles. The van der Waals surface area contributed by atoms with Gasteiger partial charge >= 0.3 is 0 Å². The van der Waals surface area contributed by atoms with E-state index in [4.69, 9.17) is 5.73 Å². The molecule has 4 nitrogen and oxygen atoms in total. The first-order chi connectivity index (χ1) is 11.0. The van der Waals surface area contributed by atoms with Gasteiger partial charge in [0.2, 0.25) is 0 Å². The molecule has 1 aromatic carbocycles. The number of nitrogens with two attached hydrogens (primary N) is 1. The molecular weight excluding hydrogens is 315 g/mol. The van der Waals surface area contributed by atoms with Crippen LogP contribution in [0.1, 0.15) is 44.5 Å². The highest BCUT2D eigenvalue weighted by atomic mass is 32.1. The summed E-state index contributed by atoms with van der Waals surface area (Å²) < 4.78 is 13.7. The number of primary amides is 1. The molecule has 1 aromatic heterocycles. The van der Waals surface area contributed by atoms with E-state index < -0.39 is 17.6 Å². The fraction of sp³-hybridized carbons (Fsp3) is 0.294. The molecule has 1 unspecified atom stereocenters. The number of halogens is 1. The number of carbonyl (C=O) groups is 2. The van der Waals surface area contributed by atoms with Crippen molar-refractivity contribution in [3.8, 4) is 0 Å². The normalized spacial score (nSPS) is 16.7. The third-order valence-electron chi connectivity index (χ3n) is 4.10. The van der Waals surface area contributed by atoms with E-state index in [0.717, 1.165) is 29.7 Å². The van der Waals surface area contributed by atoms with E-state index >= 15 is 0 Å². The largest absolute Gasteiger partial charge is 0.365 e. The van der Waals surface area contributed by atoms with Crippen LogP contribution in [0.25, 0.3) is 0 Å². The summed E-state index contributed by atoms with van der Waals surface area (Å²) in [6, 6.07) is 5.75. The average Bonchev–Trinajstić information content (AvgIpc) is 2.84. The van der Waals surface area contributed by atoms with Gasteiger partial charge in [0.1, 0.15) is 10.8 Å². The maximum Gasteiger partial charge on any atom is 0.259 e. The van der Waals surface area contributed by atoms with Gasteiger partial charge < -0.3 is 11.1 Å². The van der Waals surface area contributed by atoms with Crippen LogP contribution in [0.2, 0.25) is 0 Å². The van der Waals surface area contributed by atoms with Crippen molar-refractivity contribution in [1.29, 1.82) is 0 Å². The van der Waals surface area contributed by atoms with Gasteiger partial charge in [0.05, 0.1) is 11.1 Å². The van der Waals surface area contributed by atoms with Crippen LogP contribution in [0.15, 0.2) is 24.3 Å². The van der Waals surface area contributed by atoms with Crippen molar-refractivity contribution in [2.45, 2.75) is 26.2 Å². The number of rotatable bonds is 3. The van der Waals surface area contributed by atoms with Crippen molar-refractivity contribution in [3.63, 3.8) is 0 Å². The minimum atomic E-state index is -0.597. The van der Waals surface area contributed by atoms with Crippen molar-refractivity contribution < 1.29 is 14.0 Å². The number of carbonyl (C=O) groups excluding carboxylic acids is 2. The molecular formula is C17H17FN2O2S. The number of anilines is 1. The summed E-state index contributed by atoms with van der Waals surface area (Å²) in [4.78, 5) is 25.2. The topological polar surface area (TPSA) is 72.2 Å². The van der Waals surface area contributed by atoms with E-state index in [0.29, 0.717) is 16.5 Å². The second-order valence-electron chi connectivity index (χ2n) is 5.85. The van der Waals surface area contributed by atoms with E-state index in [-0.39, 0.29) is 5.56 Å². The van der Waals surface area contributed by atoms with Gasteiger partial charge in [-0.3, -0.25) is 9.59 Å². The number of thiophene rings is 1. The second-order valence-corrected chi connectivity index (χ2v) is 6.96. The Kier molecular flexibility index (Phi) is 4.17. The molecule has 1 atom stereocenters. The monoisotopic (exact) mass is 332 g/mol. The summed E-state index contributed by atoms with van der Waals surface area (Å²) in [5.74, 6) is -1.25. The van der Waals surface area contributed by atoms with Crippen molar-refractivity contribution in [1.82, 2.24) is 0 Å². The maximum atomic E-state index is 13.7. The number of benzene rings is 1. The van der Waals surface area contributed by atoms with E-state index in [1.54, 1.807) is 6.07 Å². The maximum absolute atomic E-state index is 13.7. The molecule has 0 saturated carbocycles. The molecule has 0 saturated heterocycles. The molecule has 0 aliphatic heterocycles. The highest BCUT2D eigenvalue weighted by Gasteiger charge is 2.27. The molecule has 0 spiro atoms.